The van der Waals surface area contributed by atoms with Crippen LogP contribution in [0, 0.1) is 5.82 Å². The highest BCUT2D eigenvalue weighted by atomic mass is 19.4. The molecular weight excluding hydrogens is 400 g/mol. The van der Waals surface area contributed by atoms with E-state index in [1.54, 1.807) is 36.5 Å². The summed E-state index contributed by atoms with van der Waals surface area (Å²) in [5.74, 6) is -0.919. The molecule has 2 aromatic carbocycles. The van der Waals surface area contributed by atoms with Crippen molar-refractivity contribution in [1.82, 2.24) is 4.98 Å². The first kappa shape index (κ1) is 20.4. The molecular formula is C22H20F4N2O2. The Hall–Kier alpha value is -2.87. The molecule has 0 saturated heterocycles. The number of pyridine rings is 1. The molecule has 158 valence electrons. The van der Waals surface area contributed by atoms with Crippen LogP contribution in [0.3, 0.4) is 0 Å². The van der Waals surface area contributed by atoms with Crippen LogP contribution in [0.25, 0.3) is 10.9 Å². The molecule has 4 nitrogen and oxygen atoms in total. The number of aliphatic hydroxyl groups is 1. The number of fused-ring (bicyclic) bond motifs is 1. The summed E-state index contributed by atoms with van der Waals surface area (Å²) >= 11 is 0. The van der Waals surface area contributed by atoms with Crippen LogP contribution in [0.2, 0.25) is 0 Å². The number of anilines is 1. The summed E-state index contributed by atoms with van der Waals surface area (Å²) in [5, 5.41) is 24.1. The highest BCUT2D eigenvalue weighted by Crippen LogP contribution is 2.57. The van der Waals surface area contributed by atoms with Gasteiger partial charge in [0.25, 0.3) is 0 Å². The number of benzene rings is 2. The van der Waals surface area contributed by atoms with E-state index >= 15 is 0 Å². The van der Waals surface area contributed by atoms with E-state index in [-0.39, 0.29) is 11.3 Å². The van der Waals surface area contributed by atoms with Crippen molar-refractivity contribution in [2.24, 2.45) is 0 Å². The first-order chi connectivity index (χ1) is 14.1. The number of hydrogen-bond acceptors (Lipinski definition) is 4. The smallest absolute Gasteiger partial charge is 0.418 e. The Kier molecular flexibility index (Phi) is 4.85. The van der Waals surface area contributed by atoms with Gasteiger partial charge < -0.3 is 15.5 Å². The van der Waals surface area contributed by atoms with Crippen LogP contribution in [-0.4, -0.2) is 33.5 Å². The standard InChI is InChI=1S/C22H20F4N2O2/c23-14-6-7-19(29)16(11-14)20(8-9-20)12-21(30,22(24,25)26)13-28-18-5-1-4-17-15(18)3-2-10-27-17/h1-7,10-11,28-30H,8-9,12-13H2. The molecule has 1 heterocycles. The van der Waals surface area contributed by atoms with E-state index in [4.69, 9.17) is 0 Å². The zero-order chi connectivity index (χ0) is 21.6. The zero-order valence-corrected chi connectivity index (χ0v) is 15.9. The molecule has 0 aliphatic heterocycles. The number of aromatic nitrogens is 1. The predicted octanol–water partition coefficient (Wildman–Crippen LogP) is 4.91. The first-order valence-electron chi connectivity index (χ1n) is 9.49. The fraction of sp³-hybridized carbons (Fsp3) is 0.318. The highest BCUT2D eigenvalue weighted by Gasteiger charge is 2.61. The average Bonchev–Trinajstić information content (AvgIpc) is 3.47. The molecule has 0 amide bonds. The maximum absolute atomic E-state index is 13.9. The maximum Gasteiger partial charge on any atom is 0.418 e. The van der Waals surface area contributed by atoms with Crippen molar-refractivity contribution >= 4 is 16.6 Å². The number of phenolic OH excluding ortho intramolecular Hbond substituents is 1. The van der Waals surface area contributed by atoms with Crippen molar-refractivity contribution in [3.8, 4) is 5.75 Å². The normalized spacial score (nSPS) is 17.5. The molecule has 30 heavy (non-hydrogen) atoms. The van der Waals surface area contributed by atoms with Gasteiger partial charge in [0.05, 0.1) is 12.1 Å². The van der Waals surface area contributed by atoms with Crippen LogP contribution < -0.4 is 5.32 Å². The van der Waals surface area contributed by atoms with Gasteiger partial charge in [-0.3, -0.25) is 4.98 Å². The molecule has 0 radical (unpaired) electrons. The highest BCUT2D eigenvalue weighted by molar-refractivity contribution is 5.91. The quantitative estimate of drug-likeness (QED) is 0.496. The van der Waals surface area contributed by atoms with Gasteiger partial charge in [0.2, 0.25) is 0 Å². The number of nitrogens with one attached hydrogen (secondary N) is 1. The second kappa shape index (κ2) is 7.12. The zero-order valence-electron chi connectivity index (χ0n) is 15.9. The lowest BCUT2D eigenvalue weighted by atomic mass is 9.82. The summed E-state index contributed by atoms with van der Waals surface area (Å²) in [7, 11) is 0. The summed E-state index contributed by atoms with van der Waals surface area (Å²) in [4.78, 5) is 4.17. The second-order valence-corrected chi connectivity index (χ2v) is 7.88. The molecule has 1 fully saturated rings. The number of alkyl halides is 3. The van der Waals surface area contributed by atoms with E-state index in [2.05, 4.69) is 10.3 Å². The van der Waals surface area contributed by atoms with E-state index in [1.165, 1.54) is 0 Å². The Morgan fingerprint density at radius 1 is 1.07 bits per heavy atom. The first-order valence-corrected chi connectivity index (χ1v) is 9.49. The lowest BCUT2D eigenvalue weighted by Crippen LogP contribution is -2.52. The van der Waals surface area contributed by atoms with Crippen LogP contribution in [0.5, 0.6) is 5.75 Å². The number of phenols is 1. The molecule has 1 atom stereocenters. The van der Waals surface area contributed by atoms with Gasteiger partial charge in [0.1, 0.15) is 11.6 Å². The number of aromatic hydroxyl groups is 1. The minimum Gasteiger partial charge on any atom is -0.508 e. The monoisotopic (exact) mass is 420 g/mol. The lowest BCUT2D eigenvalue weighted by Gasteiger charge is -2.35. The minimum atomic E-state index is -4.93. The van der Waals surface area contributed by atoms with Gasteiger partial charge in [-0.05, 0) is 61.7 Å². The van der Waals surface area contributed by atoms with Crippen molar-refractivity contribution in [2.45, 2.75) is 36.5 Å². The second-order valence-electron chi connectivity index (χ2n) is 7.88. The third-order valence-electron chi connectivity index (χ3n) is 5.76. The largest absolute Gasteiger partial charge is 0.508 e. The van der Waals surface area contributed by atoms with E-state index in [0.717, 1.165) is 18.2 Å². The molecule has 1 aliphatic rings. The van der Waals surface area contributed by atoms with Gasteiger partial charge in [0, 0.05) is 28.2 Å². The lowest BCUT2D eigenvalue weighted by molar-refractivity contribution is -0.259. The van der Waals surface area contributed by atoms with Crippen molar-refractivity contribution in [3.63, 3.8) is 0 Å². The molecule has 0 bridgehead atoms. The van der Waals surface area contributed by atoms with Crippen molar-refractivity contribution in [3.05, 3.63) is 66.1 Å². The Morgan fingerprint density at radius 2 is 1.83 bits per heavy atom. The molecule has 4 rings (SSSR count). The number of hydrogen-bond donors (Lipinski definition) is 3. The van der Waals surface area contributed by atoms with Gasteiger partial charge in [-0.15, -0.1) is 0 Å². The van der Waals surface area contributed by atoms with Crippen LogP contribution in [-0.2, 0) is 5.41 Å². The average molecular weight is 420 g/mol. The third-order valence-corrected chi connectivity index (χ3v) is 5.76. The predicted molar refractivity (Wildman–Crippen MR) is 105 cm³/mol. The molecule has 1 aliphatic carbocycles. The van der Waals surface area contributed by atoms with Crippen molar-refractivity contribution in [2.75, 3.05) is 11.9 Å². The SMILES string of the molecule is Oc1ccc(F)cc1C1(CC(O)(CNc2cccc3ncccc23)C(F)(F)F)CC1. The topological polar surface area (TPSA) is 65.4 Å². The minimum absolute atomic E-state index is 0.0968. The molecule has 3 aromatic rings. The number of nitrogens with zero attached hydrogens (tertiary/aromatic N) is 1. The van der Waals surface area contributed by atoms with Crippen LogP contribution >= 0.6 is 0 Å². The van der Waals surface area contributed by atoms with E-state index < -0.39 is 36.0 Å². The molecule has 1 aromatic heterocycles. The Labute approximate surface area is 170 Å². The fourth-order valence-corrected chi connectivity index (χ4v) is 3.95. The molecule has 8 heteroatoms. The van der Waals surface area contributed by atoms with Crippen LogP contribution in [0.4, 0.5) is 23.2 Å². The number of rotatable bonds is 6. The van der Waals surface area contributed by atoms with E-state index in [9.17, 15) is 27.8 Å². The maximum atomic E-state index is 13.9. The summed E-state index contributed by atoms with van der Waals surface area (Å²) in [6, 6.07) is 11.6. The van der Waals surface area contributed by atoms with Crippen molar-refractivity contribution in [1.29, 1.82) is 0 Å². The van der Waals surface area contributed by atoms with Gasteiger partial charge in [-0.1, -0.05) is 6.07 Å². The Morgan fingerprint density at radius 3 is 2.53 bits per heavy atom. The van der Waals surface area contributed by atoms with Gasteiger partial charge >= 0.3 is 6.18 Å². The fourth-order valence-electron chi connectivity index (χ4n) is 3.95. The van der Waals surface area contributed by atoms with E-state index in [1.807, 2.05) is 0 Å². The van der Waals surface area contributed by atoms with Crippen LogP contribution in [0.1, 0.15) is 24.8 Å². The third kappa shape index (κ3) is 3.67. The number of halogens is 4. The molecule has 1 unspecified atom stereocenters. The molecule has 0 spiro atoms. The summed E-state index contributed by atoms with van der Waals surface area (Å²) in [5.41, 5.74) is -3.08. The Bertz CT molecular complexity index is 1080. The Balaban J connectivity index is 1.63. The van der Waals surface area contributed by atoms with Gasteiger partial charge in [-0.2, -0.15) is 13.2 Å². The molecule has 1 saturated carbocycles. The van der Waals surface area contributed by atoms with Crippen LogP contribution in [0.15, 0.2) is 54.7 Å². The summed E-state index contributed by atoms with van der Waals surface area (Å²) in [6.07, 6.45) is -3.39. The van der Waals surface area contributed by atoms with E-state index in [0.29, 0.717) is 29.4 Å². The summed E-state index contributed by atoms with van der Waals surface area (Å²) < 4.78 is 55.5. The molecule has 3 N–H and O–H groups in total. The van der Waals surface area contributed by atoms with Crippen molar-refractivity contribution < 1.29 is 27.8 Å². The summed E-state index contributed by atoms with van der Waals surface area (Å²) in [6.45, 7) is -0.789. The van der Waals surface area contributed by atoms with Gasteiger partial charge in [0.15, 0.2) is 5.60 Å². The van der Waals surface area contributed by atoms with Gasteiger partial charge in [-0.25, -0.2) is 4.39 Å².